The zero-order valence-electron chi connectivity index (χ0n) is 19.7. The average Bonchev–Trinajstić information content (AvgIpc) is 2.89. The van der Waals surface area contributed by atoms with Crippen molar-refractivity contribution < 1.29 is 23.9 Å². The zero-order chi connectivity index (χ0) is 25.8. The van der Waals surface area contributed by atoms with Gasteiger partial charge in [0.1, 0.15) is 0 Å². The Kier molecular flexibility index (Phi) is 10.0. The van der Waals surface area contributed by atoms with Gasteiger partial charge in [-0.05, 0) is 61.4 Å². The highest BCUT2D eigenvalue weighted by atomic mass is 35.5. The molecule has 0 aliphatic heterocycles. The molecule has 0 bridgehead atoms. The van der Waals surface area contributed by atoms with E-state index in [4.69, 9.17) is 21.1 Å². The molecule has 2 N–H and O–H groups in total. The zero-order valence-corrected chi connectivity index (χ0v) is 20.5. The van der Waals surface area contributed by atoms with Crippen LogP contribution in [0.1, 0.15) is 46.0 Å². The molecule has 0 unspecified atom stereocenters. The van der Waals surface area contributed by atoms with E-state index in [0.29, 0.717) is 47.0 Å². The third-order valence-electron chi connectivity index (χ3n) is 4.87. The first-order chi connectivity index (χ1) is 17.5. The van der Waals surface area contributed by atoms with E-state index in [1.54, 1.807) is 66.7 Å². The highest BCUT2D eigenvalue weighted by molar-refractivity contribution is 6.33. The van der Waals surface area contributed by atoms with Crippen LogP contribution in [0.5, 0.6) is 11.5 Å². The second-order valence-electron chi connectivity index (χ2n) is 7.53. The molecule has 0 aromatic heterocycles. The van der Waals surface area contributed by atoms with Crippen molar-refractivity contribution in [3.63, 3.8) is 0 Å². The standard InChI is InChI=1S/C27H26ClN3O5/c1-2-35-24-17-19(14-15-23(24)36-27(34)20-9-4-3-5-10-20)18-30-31-25(32)13-8-16-29-26(33)21-11-6-7-12-22(21)28/h3-7,9-12,14-15,17-18H,2,8,13,16H2,1H3,(H,29,33)(H,31,32). The summed E-state index contributed by atoms with van der Waals surface area (Å²) < 4.78 is 11.1. The highest BCUT2D eigenvalue weighted by Gasteiger charge is 2.13. The van der Waals surface area contributed by atoms with E-state index >= 15 is 0 Å². The minimum Gasteiger partial charge on any atom is -0.490 e. The van der Waals surface area contributed by atoms with Crippen LogP contribution in [0, 0.1) is 0 Å². The molecule has 3 aromatic rings. The smallest absolute Gasteiger partial charge is 0.343 e. The van der Waals surface area contributed by atoms with Gasteiger partial charge in [0.05, 0.1) is 29.0 Å². The second kappa shape index (κ2) is 13.7. The molecule has 0 spiro atoms. The van der Waals surface area contributed by atoms with E-state index < -0.39 is 5.97 Å². The fourth-order valence-corrected chi connectivity index (χ4v) is 3.34. The number of halogens is 1. The molecule has 0 fully saturated rings. The molecular formula is C27H26ClN3O5. The van der Waals surface area contributed by atoms with Crippen LogP contribution in [0.3, 0.4) is 0 Å². The first-order valence-electron chi connectivity index (χ1n) is 11.4. The summed E-state index contributed by atoms with van der Waals surface area (Å²) in [7, 11) is 0. The molecule has 0 aliphatic carbocycles. The molecule has 8 nitrogen and oxygen atoms in total. The van der Waals surface area contributed by atoms with Gasteiger partial charge >= 0.3 is 5.97 Å². The molecule has 0 radical (unpaired) electrons. The number of ether oxygens (including phenoxy) is 2. The van der Waals surface area contributed by atoms with Crippen LogP contribution in [0.4, 0.5) is 0 Å². The van der Waals surface area contributed by atoms with E-state index in [-0.39, 0.29) is 24.0 Å². The normalized spacial score (nSPS) is 10.6. The van der Waals surface area contributed by atoms with E-state index in [2.05, 4.69) is 15.8 Å². The van der Waals surface area contributed by atoms with Gasteiger partial charge in [-0.3, -0.25) is 9.59 Å². The monoisotopic (exact) mass is 507 g/mol. The van der Waals surface area contributed by atoms with Crippen molar-refractivity contribution in [2.75, 3.05) is 13.2 Å². The molecule has 0 heterocycles. The number of hydrogen-bond acceptors (Lipinski definition) is 6. The number of benzene rings is 3. The van der Waals surface area contributed by atoms with Crippen LogP contribution in [-0.2, 0) is 4.79 Å². The Labute approximate surface area is 214 Å². The molecule has 0 saturated heterocycles. The lowest BCUT2D eigenvalue weighted by Gasteiger charge is -2.11. The number of nitrogens with one attached hydrogen (secondary N) is 2. The lowest BCUT2D eigenvalue weighted by Crippen LogP contribution is -2.26. The van der Waals surface area contributed by atoms with E-state index in [1.165, 1.54) is 6.21 Å². The minimum atomic E-state index is -0.492. The summed E-state index contributed by atoms with van der Waals surface area (Å²) in [5, 5.41) is 7.07. The maximum atomic E-state index is 12.4. The largest absolute Gasteiger partial charge is 0.490 e. The molecule has 3 rings (SSSR count). The van der Waals surface area contributed by atoms with Crippen LogP contribution in [0.2, 0.25) is 5.02 Å². The van der Waals surface area contributed by atoms with Gasteiger partial charge in [-0.25, -0.2) is 10.2 Å². The summed E-state index contributed by atoms with van der Waals surface area (Å²) in [6.07, 6.45) is 2.08. The van der Waals surface area contributed by atoms with Crippen molar-refractivity contribution in [1.29, 1.82) is 0 Å². The van der Waals surface area contributed by atoms with E-state index in [9.17, 15) is 14.4 Å². The van der Waals surface area contributed by atoms with Gasteiger partial charge in [0, 0.05) is 13.0 Å². The number of hydrogen-bond donors (Lipinski definition) is 2. The summed E-state index contributed by atoms with van der Waals surface area (Å²) in [6.45, 7) is 2.52. The second-order valence-corrected chi connectivity index (χ2v) is 7.93. The van der Waals surface area contributed by atoms with Crippen molar-refractivity contribution in [2.45, 2.75) is 19.8 Å². The maximum absolute atomic E-state index is 12.4. The summed E-state index contributed by atoms with van der Waals surface area (Å²) in [4.78, 5) is 36.5. The van der Waals surface area contributed by atoms with Crippen molar-refractivity contribution in [2.24, 2.45) is 5.10 Å². The Morgan fingerprint density at radius 2 is 1.72 bits per heavy atom. The minimum absolute atomic E-state index is 0.179. The maximum Gasteiger partial charge on any atom is 0.343 e. The Hall–Kier alpha value is -4.17. The number of esters is 1. The van der Waals surface area contributed by atoms with Gasteiger partial charge in [0.2, 0.25) is 5.91 Å². The third-order valence-corrected chi connectivity index (χ3v) is 5.20. The van der Waals surface area contributed by atoms with Gasteiger partial charge in [0.25, 0.3) is 5.91 Å². The molecule has 3 aromatic carbocycles. The summed E-state index contributed by atoms with van der Waals surface area (Å²) in [6, 6.07) is 20.4. The quantitative estimate of drug-likeness (QED) is 0.129. The van der Waals surface area contributed by atoms with Gasteiger partial charge in [0.15, 0.2) is 11.5 Å². The van der Waals surface area contributed by atoms with Gasteiger partial charge < -0.3 is 14.8 Å². The van der Waals surface area contributed by atoms with Crippen molar-refractivity contribution in [1.82, 2.24) is 10.7 Å². The highest BCUT2D eigenvalue weighted by Crippen LogP contribution is 2.29. The first-order valence-corrected chi connectivity index (χ1v) is 11.7. The van der Waals surface area contributed by atoms with Crippen molar-refractivity contribution in [3.05, 3.63) is 94.5 Å². The number of rotatable bonds is 11. The fraction of sp³-hybridized carbons (Fsp3) is 0.185. The summed E-state index contributed by atoms with van der Waals surface area (Å²) >= 11 is 6.00. The summed E-state index contributed by atoms with van der Waals surface area (Å²) in [5.74, 6) is -0.413. The van der Waals surface area contributed by atoms with Crippen molar-refractivity contribution >= 4 is 35.6 Å². The average molecular weight is 508 g/mol. The van der Waals surface area contributed by atoms with E-state index in [0.717, 1.165) is 0 Å². The van der Waals surface area contributed by atoms with Crippen LogP contribution in [0.15, 0.2) is 77.9 Å². The van der Waals surface area contributed by atoms with Crippen LogP contribution >= 0.6 is 11.6 Å². The molecule has 36 heavy (non-hydrogen) atoms. The first kappa shape index (κ1) is 26.4. The van der Waals surface area contributed by atoms with Crippen molar-refractivity contribution in [3.8, 4) is 11.5 Å². The Morgan fingerprint density at radius 1 is 0.972 bits per heavy atom. The number of amides is 2. The summed E-state index contributed by atoms with van der Waals surface area (Å²) in [5.41, 5.74) is 3.91. The van der Waals surface area contributed by atoms with Gasteiger partial charge in [-0.2, -0.15) is 5.10 Å². The molecule has 9 heteroatoms. The van der Waals surface area contributed by atoms with Crippen LogP contribution < -0.4 is 20.2 Å². The predicted octanol–water partition coefficient (Wildman–Crippen LogP) is 4.62. The number of hydrazone groups is 1. The molecule has 0 aliphatic rings. The van der Waals surface area contributed by atoms with E-state index in [1.807, 2.05) is 13.0 Å². The topological polar surface area (TPSA) is 106 Å². The SMILES string of the molecule is CCOc1cc(C=NNC(=O)CCCNC(=O)c2ccccc2Cl)ccc1OC(=O)c1ccccc1. The number of carbonyl (C=O) groups is 3. The Balaban J connectivity index is 1.47. The Bertz CT molecular complexity index is 1230. The molecule has 0 saturated carbocycles. The predicted molar refractivity (Wildman–Crippen MR) is 138 cm³/mol. The molecule has 0 atom stereocenters. The molecular weight excluding hydrogens is 482 g/mol. The third kappa shape index (κ3) is 7.95. The number of nitrogens with zero attached hydrogens (tertiary/aromatic N) is 1. The lowest BCUT2D eigenvalue weighted by atomic mass is 10.2. The molecule has 186 valence electrons. The number of carbonyl (C=O) groups excluding carboxylic acids is 3. The lowest BCUT2D eigenvalue weighted by molar-refractivity contribution is -0.121. The Morgan fingerprint density at radius 3 is 2.47 bits per heavy atom. The van der Waals surface area contributed by atoms with Crippen LogP contribution in [0.25, 0.3) is 0 Å². The molecule has 2 amide bonds. The van der Waals surface area contributed by atoms with Gasteiger partial charge in [-0.1, -0.05) is 41.9 Å². The van der Waals surface area contributed by atoms with Crippen LogP contribution in [-0.4, -0.2) is 37.1 Å². The van der Waals surface area contributed by atoms with Gasteiger partial charge in [-0.15, -0.1) is 0 Å². The fourth-order valence-electron chi connectivity index (χ4n) is 3.12.